The van der Waals surface area contributed by atoms with E-state index < -0.39 is 0 Å². The first-order chi connectivity index (χ1) is 22.8. The molecule has 0 radical (unpaired) electrons. The van der Waals surface area contributed by atoms with Crippen LogP contribution in [-0.2, 0) is 14.4 Å². The number of aromatic nitrogens is 4. The summed E-state index contributed by atoms with van der Waals surface area (Å²) in [5.41, 5.74) is 11.1. The Kier molecular flexibility index (Phi) is 6.36. The number of ketones is 3. The van der Waals surface area contributed by atoms with Gasteiger partial charge in [-0.1, -0.05) is 38.2 Å². The van der Waals surface area contributed by atoms with Crippen molar-refractivity contribution in [3.63, 3.8) is 0 Å². The first-order valence-corrected chi connectivity index (χ1v) is 16.9. The lowest BCUT2D eigenvalue weighted by molar-refractivity contribution is -0.124. The Bertz CT molecular complexity index is 2210. The summed E-state index contributed by atoms with van der Waals surface area (Å²) >= 11 is 0. The van der Waals surface area contributed by atoms with Crippen LogP contribution < -0.4 is 0 Å². The summed E-state index contributed by atoms with van der Waals surface area (Å²) in [5.74, 6) is 0.541. The molecule has 6 atom stereocenters. The highest BCUT2D eigenvalue weighted by Crippen LogP contribution is 2.53. The van der Waals surface area contributed by atoms with Gasteiger partial charge in [0.05, 0.1) is 28.7 Å². The summed E-state index contributed by atoms with van der Waals surface area (Å²) < 4.78 is 0. The average Bonchev–Trinajstić information content (AvgIpc) is 3.83. The number of allylic oxidation sites excluding steroid dienone is 6. The molecule has 10 rings (SSSR count). The molecule has 5 heterocycles. The molecule has 2 aliphatic heterocycles. The fourth-order valence-corrected chi connectivity index (χ4v) is 8.52. The van der Waals surface area contributed by atoms with Gasteiger partial charge in [0.15, 0.2) is 0 Å². The van der Waals surface area contributed by atoms with Gasteiger partial charge >= 0.3 is 0 Å². The molecule has 7 heteroatoms. The Balaban J connectivity index is 1.34. The highest BCUT2D eigenvalue weighted by Gasteiger charge is 2.44. The Morgan fingerprint density at radius 1 is 0.638 bits per heavy atom. The number of Topliss-reactive ketones (excluding diaryl/α,β-unsaturated/α-hetero) is 3. The number of carbonyl (C=O) groups excluding carboxylic acids is 3. The van der Waals surface area contributed by atoms with Crippen LogP contribution in [0.1, 0.15) is 91.7 Å². The quantitative estimate of drug-likeness (QED) is 0.222. The van der Waals surface area contributed by atoms with Crippen LogP contribution in [0.5, 0.6) is 0 Å². The number of carbonyl (C=O) groups is 3. The normalized spacial score (nSPS) is 28.0. The Morgan fingerprint density at radius 3 is 2.17 bits per heavy atom. The molecular weight excluding hydrogens is 584 g/mol. The lowest BCUT2D eigenvalue weighted by Crippen LogP contribution is -2.31. The molecule has 0 amide bonds. The number of hydrogen-bond acceptors (Lipinski definition) is 5. The molecule has 10 bridgehead atoms. The molecule has 3 aromatic heterocycles. The van der Waals surface area contributed by atoms with E-state index in [0.717, 1.165) is 74.4 Å². The molecule has 0 aromatic carbocycles. The Morgan fingerprint density at radius 2 is 1.38 bits per heavy atom. The number of nitrogens with one attached hydrogen (secondary N) is 2. The van der Waals surface area contributed by atoms with Crippen LogP contribution in [-0.4, -0.2) is 37.3 Å². The van der Waals surface area contributed by atoms with Gasteiger partial charge in [0, 0.05) is 59.1 Å². The van der Waals surface area contributed by atoms with Crippen LogP contribution >= 0.6 is 0 Å². The maximum Gasteiger partial charge on any atom is 0.144 e. The van der Waals surface area contributed by atoms with E-state index in [2.05, 4.69) is 53.3 Å². The lowest BCUT2D eigenvalue weighted by Gasteiger charge is -2.36. The maximum absolute atomic E-state index is 13.4. The van der Waals surface area contributed by atoms with Crippen molar-refractivity contribution in [2.75, 3.05) is 0 Å². The number of nitrogens with zero attached hydrogens (tertiary/aromatic N) is 2. The standard InChI is InChI=1S/C40H36N4O3/c1-20-3-9-28(37(46)11-20)31-16-26-14-24-7-8-25(41-24)17-35-40-29-10-6-23(13-38(29)47)39(40)34(44-35)18-27-15-30(32(43-27)19-33(31)42-26)22-5-4-21(2)36(45)12-22/h3-5,7-9,14-23,28-29,42-43H,6,10-13H2,1-2H3. The molecule has 234 valence electrons. The second-order valence-electron chi connectivity index (χ2n) is 14.2. The first kappa shape index (κ1) is 28.3. The molecule has 2 N–H and O–H groups in total. The molecule has 3 aromatic rings. The molecular formula is C40H36N4O3. The van der Waals surface area contributed by atoms with Gasteiger partial charge < -0.3 is 9.97 Å². The largest absolute Gasteiger partial charge is 0.355 e. The van der Waals surface area contributed by atoms with Crippen LogP contribution in [0, 0.1) is 23.7 Å². The summed E-state index contributed by atoms with van der Waals surface area (Å²) in [6.07, 6.45) is 15.7. The van der Waals surface area contributed by atoms with E-state index in [0.29, 0.717) is 25.0 Å². The summed E-state index contributed by atoms with van der Waals surface area (Å²) in [7, 11) is 0. The second-order valence-corrected chi connectivity index (χ2v) is 14.2. The van der Waals surface area contributed by atoms with Crippen LogP contribution in [0.2, 0.25) is 0 Å². The van der Waals surface area contributed by atoms with Gasteiger partial charge in [-0.3, -0.25) is 14.4 Å². The zero-order valence-electron chi connectivity index (χ0n) is 26.5. The summed E-state index contributed by atoms with van der Waals surface area (Å²) in [4.78, 5) is 56.7. The van der Waals surface area contributed by atoms with Crippen molar-refractivity contribution in [3.05, 3.63) is 94.6 Å². The average molecular weight is 621 g/mol. The maximum atomic E-state index is 13.4. The van der Waals surface area contributed by atoms with Gasteiger partial charge in [0.1, 0.15) is 17.3 Å². The van der Waals surface area contributed by atoms with Crippen LogP contribution in [0.3, 0.4) is 0 Å². The van der Waals surface area contributed by atoms with Crippen LogP contribution in [0.4, 0.5) is 0 Å². The predicted molar refractivity (Wildman–Crippen MR) is 184 cm³/mol. The van der Waals surface area contributed by atoms with E-state index >= 15 is 0 Å². The highest BCUT2D eigenvalue weighted by atomic mass is 16.1. The van der Waals surface area contributed by atoms with Crippen molar-refractivity contribution in [2.24, 2.45) is 23.7 Å². The molecule has 1 saturated carbocycles. The zero-order chi connectivity index (χ0) is 32.0. The van der Waals surface area contributed by atoms with Crippen molar-refractivity contribution >= 4 is 62.7 Å². The zero-order valence-corrected chi connectivity index (χ0v) is 26.5. The third-order valence-corrected chi connectivity index (χ3v) is 10.9. The van der Waals surface area contributed by atoms with Gasteiger partial charge in [0.25, 0.3) is 0 Å². The SMILES string of the molecule is CC1C=CC(c2cc3cc4nc(cc5nc(cc6cc(C7C=CC(C)C(=O)C7)c(cc2[nH]3)[nH]6)C2=C5C3CCC2CC3=O)C=C4)C(=O)C1. The van der Waals surface area contributed by atoms with Crippen LogP contribution in [0.15, 0.2) is 60.7 Å². The fraction of sp³-hybridized carbons (Fsp3) is 0.325. The number of rotatable bonds is 2. The topological polar surface area (TPSA) is 109 Å². The monoisotopic (exact) mass is 620 g/mol. The molecule has 0 saturated heterocycles. The van der Waals surface area contributed by atoms with Crippen molar-refractivity contribution in [1.82, 2.24) is 19.9 Å². The van der Waals surface area contributed by atoms with Crippen molar-refractivity contribution in [3.8, 4) is 0 Å². The first-order valence-electron chi connectivity index (χ1n) is 16.9. The predicted octanol–water partition coefficient (Wildman–Crippen LogP) is 7.89. The molecule has 7 nitrogen and oxygen atoms in total. The molecule has 1 fully saturated rings. The fourth-order valence-electron chi connectivity index (χ4n) is 8.52. The lowest BCUT2D eigenvalue weighted by atomic mass is 9.65. The van der Waals surface area contributed by atoms with Gasteiger partial charge in [-0.05, 0) is 95.5 Å². The van der Waals surface area contributed by atoms with Gasteiger partial charge in [-0.25, -0.2) is 9.97 Å². The third kappa shape index (κ3) is 4.74. The highest BCUT2D eigenvalue weighted by molar-refractivity contribution is 6.08. The third-order valence-electron chi connectivity index (χ3n) is 10.9. The molecule has 7 aliphatic rings. The number of fused-ring (bicyclic) bond motifs is 10. The van der Waals surface area contributed by atoms with E-state index in [1.165, 1.54) is 5.57 Å². The smallest absolute Gasteiger partial charge is 0.144 e. The van der Waals surface area contributed by atoms with E-state index in [1.54, 1.807) is 0 Å². The van der Waals surface area contributed by atoms with Gasteiger partial charge in [-0.2, -0.15) is 0 Å². The van der Waals surface area contributed by atoms with E-state index in [4.69, 9.17) is 9.97 Å². The molecule has 5 aliphatic carbocycles. The number of H-pyrrole nitrogens is 2. The van der Waals surface area contributed by atoms with E-state index in [1.807, 2.05) is 43.4 Å². The Hall–Kier alpha value is -4.91. The van der Waals surface area contributed by atoms with Gasteiger partial charge in [-0.15, -0.1) is 0 Å². The minimum Gasteiger partial charge on any atom is -0.355 e. The Labute approximate surface area is 272 Å². The molecule has 0 spiro atoms. The van der Waals surface area contributed by atoms with Crippen molar-refractivity contribution < 1.29 is 14.4 Å². The summed E-state index contributed by atoms with van der Waals surface area (Å²) in [5, 5.41) is 0. The van der Waals surface area contributed by atoms with Crippen molar-refractivity contribution in [2.45, 2.75) is 57.8 Å². The summed E-state index contributed by atoms with van der Waals surface area (Å²) in [6.45, 7) is 4.02. The minimum absolute atomic E-state index is 0.0716. The van der Waals surface area contributed by atoms with Gasteiger partial charge in [0.2, 0.25) is 0 Å². The second kappa shape index (κ2) is 10.6. The van der Waals surface area contributed by atoms with Crippen LogP contribution in [0.25, 0.3) is 45.4 Å². The van der Waals surface area contributed by atoms with E-state index in [9.17, 15) is 14.4 Å². The minimum atomic E-state index is -0.341. The number of hydrogen-bond donors (Lipinski definition) is 2. The van der Waals surface area contributed by atoms with E-state index in [-0.39, 0.29) is 47.1 Å². The molecule has 6 unspecified atom stereocenters. The summed E-state index contributed by atoms with van der Waals surface area (Å²) in [6, 6.07) is 12.4. The number of aromatic amines is 2. The van der Waals surface area contributed by atoms with Crippen molar-refractivity contribution in [1.29, 1.82) is 0 Å². The molecule has 47 heavy (non-hydrogen) atoms.